The van der Waals surface area contributed by atoms with Crippen LogP contribution in [0.1, 0.15) is 29.3 Å². The van der Waals surface area contributed by atoms with Crippen molar-refractivity contribution < 1.29 is 13.2 Å². The molecule has 1 heterocycles. The van der Waals surface area contributed by atoms with E-state index in [0.717, 1.165) is 24.2 Å². The molecule has 1 aromatic carbocycles. The number of aromatic nitrogens is 1. The summed E-state index contributed by atoms with van der Waals surface area (Å²) in [5.74, 6) is 5.48. The summed E-state index contributed by atoms with van der Waals surface area (Å²) in [6.45, 7) is 0. The lowest BCUT2D eigenvalue weighted by atomic mass is 10.0. The molecule has 1 aromatic heterocycles. The van der Waals surface area contributed by atoms with E-state index in [0.29, 0.717) is 12.1 Å². The molecule has 1 atom stereocenters. The smallest absolute Gasteiger partial charge is 0.271 e. The minimum Gasteiger partial charge on any atom is -0.271 e. The zero-order valence-electron chi connectivity index (χ0n) is 11.3. The molecule has 3 nitrogen and oxygen atoms in total. The van der Waals surface area contributed by atoms with E-state index >= 15 is 0 Å². The molecule has 0 bridgehead atoms. The number of nitrogens with zero attached hydrogens (tertiary/aromatic N) is 1. The molecule has 1 unspecified atom stereocenters. The van der Waals surface area contributed by atoms with Crippen molar-refractivity contribution in [2.45, 2.75) is 25.1 Å². The molecule has 0 fully saturated rings. The van der Waals surface area contributed by atoms with E-state index in [2.05, 4.69) is 10.4 Å². The van der Waals surface area contributed by atoms with Crippen LogP contribution in [0.15, 0.2) is 48.7 Å². The number of nitrogens with one attached hydrogen (secondary N) is 1. The predicted octanol–water partition coefficient (Wildman–Crippen LogP) is 3.24. The Hall–Kier alpha value is -1.92. The number of halogens is 3. The first-order valence-corrected chi connectivity index (χ1v) is 6.54. The van der Waals surface area contributed by atoms with Gasteiger partial charge in [-0.1, -0.05) is 30.3 Å². The molecule has 21 heavy (non-hydrogen) atoms. The van der Waals surface area contributed by atoms with Gasteiger partial charge in [0.15, 0.2) is 0 Å². The fraction of sp³-hybridized carbons (Fsp3) is 0.267. The molecule has 3 N–H and O–H groups in total. The number of benzene rings is 1. The van der Waals surface area contributed by atoms with E-state index < -0.39 is 11.7 Å². The summed E-state index contributed by atoms with van der Waals surface area (Å²) in [4.78, 5) is 3.87. The lowest BCUT2D eigenvalue weighted by Gasteiger charge is -2.16. The maximum Gasteiger partial charge on any atom is 0.417 e. The second-order valence-corrected chi connectivity index (χ2v) is 4.71. The Kier molecular flexibility index (Phi) is 4.93. The van der Waals surface area contributed by atoms with Crippen molar-refractivity contribution in [3.8, 4) is 0 Å². The van der Waals surface area contributed by atoms with Crippen LogP contribution < -0.4 is 11.3 Å². The number of pyridine rings is 1. The maximum absolute atomic E-state index is 12.5. The zero-order chi connectivity index (χ0) is 15.3. The Bertz CT molecular complexity index is 553. The molecule has 112 valence electrons. The summed E-state index contributed by atoms with van der Waals surface area (Å²) in [7, 11) is 0. The minimum absolute atomic E-state index is 0.285. The summed E-state index contributed by atoms with van der Waals surface area (Å²) in [6.07, 6.45) is -2.12. The van der Waals surface area contributed by atoms with Gasteiger partial charge in [0.25, 0.3) is 0 Å². The summed E-state index contributed by atoms with van der Waals surface area (Å²) in [5.41, 5.74) is 3.49. The van der Waals surface area contributed by atoms with Crippen molar-refractivity contribution >= 4 is 0 Å². The second-order valence-electron chi connectivity index (χ2n) is 4.71. The molecule has 6 heteroatoms. The van der Waals surface area contributed by atoms with E-state index in [-0.39, 0.29) is 6.04 Å². The summed E-state index contributed by atoms with van der Waals surface area (Å²) in [5, 5.41) is 0. The van der Waals surface area contributed by atoms with E-state index in [1.807, 2.05) is 30.3 Å². The summed E-state index contributed by atoms with van der Waals surface area (Å²) >= 11 is 0. The van der Waals surface area contributed by atoms with Gasteiger partial charge >= 0.3 is 6.18 Å². The van der Waals surface area contributed by atoms with Crippen LogP contribution in [0.25, 0.3) is 0 Å². The quantitative estimate of drug-likeness (QED) is 0.657. The highest BCUT2D eigenvalue weighted by Crippen LogP contribution is 2.29. The fourth-order valence-electron chi connectivity index (χ4n) is 2.05. The van der Waals surface area contributed by atoms with Gasteiger partial charge < -0.3 is 0 Å². The SMILES string of the molecule is NNC(CCc1ccccc1)c1ccc(C(F)(F)F)cn1. The maximum atomic E-state index is 12.5. The Labute approximate surface area is 121 Å². The lowest BCUT2D eigenvalue weighted by Crippen LogP contribution is -2.29. The minimum atomic E-state index is -4.37. The number of nitrogens with two attached hydrogens (primary N) is 1. The van der Waals surface area contributed by atoms with Crippen molar-refractivity contribution in [2.24, 2.45) is 5.84 Å². The number of hydrazine groups is 1. The highest BCUT2D eigenvalue weighted by Gasteiger charge is 2.30. The number of hydrogen-bond donors (Lipinski definition) is 2. The normalized spacial score (nSPS) is 13.1. The molecule has 0 saturated heterocycles. The number of rotatable bonds is 5. The van der Waals surface area contributed by atoms with Crippen LogP contribution in [0.3, 0.4) is 0 Å². The van der Waals surface area contributed by atoms with Crippen LogP contribution in [0.5, 0.6) is 0 Å². The average Bonchev–Trinajstić information content (AvgIpc) is 2.48. The van der Waals surface area contributed by atoms with Gasteiger partial charge in [0, 0.05) is 6.20 Å². The van der Waals surface area contributed by atoms with Gasteiger partial charge in [-0.05, 0) is 30.5 Å². The van der Waals surface area contributed by atoms with Crippen molar-refractivity contribution in [1.29, 1.82) is 0 Å². The Morgan fingerprint density at radius 3 is 2.33 bits per heavy atom. The van der Waals surface area contributed by atoms with Crippen molar-refractivity contribution in [2.75, 3.05) is 0 Å². The summed E-state index contributed by atoms with van der Waals surface area (Å²) < 4.78 is 37.5. The van der Waals surface area contributed by atoms with Crippen LogP contribution in [0.2, 0.25) is 0 Å². The van der Waals surface area contributed by atoms with Crippen LogP contribution in [-0.4, -0.2) is 4.98 Å². The van der Waals surface area contributed by atoms with Crippen LogP contribution in [0.4, 0.5) is 13.2 Å². The van der Waals surface area contributed by atoms with Gasteiger partial charge in [0.05, 0.1) is 17.3 Å². The van der Waals surface area contributed by atoms with Gasteiger partial charge in [-0.3, -0.25) is 16.3 Å². The van der Waals surface area contributed by atoms with Crippen LogP contribution >= 0.6 is 0 Å². The van der Waals surface area contributed by atoms with E-state index in [1.54, 1.807) is 0 Å². The van der Waals surface area contributed by atoms with Crippen molar-refractivity contribution in [1.82, 2.24) is 10.4 Å². The van der Waals surface area contributed by atoms with Crippen LogP contribution in [-0.2, 0) is 12.6 Å². The molecular formula is C15H16F3N3. The average molecular weight is 295 g/mol. The van der Waals surface area contributed by atoms with E-state index in [4.69, 9.17) is 5.84 Å². The van der Waals surface area contributed by atoms with Gasteiger partial charge in [0.2, 0.25) is 0 Å². The van der Waals surface area contributed by atoms with Gasteiger partial charge in [-0.15, -0.1) is 0 Å². The van der Waals surface area contributed by atoms with E-state index in [9.17, 15) is 13.2 Å². The molecule has 2 aromatic rings. The first-order valence-electron chi connectivity index (χ1n) is 6.54. The summed E-state index contributed by atoms with van der Waals surface area (Å²) in [6, 6.07) is 11.9. The molecule has 2 rings (SSSR count). The monoisotopic (exact) mass is 295 g/mol. The number of alkyl halides is 3. The number of hydrogen-bond acceptors (Lipinski definition) is 3. The standard InChI is InChI=1S/C15H16F3N3/c16-15(17,18)12-7-9-13(20-10-12)14(21-19)8-6-11-4-2-1-3-5-11/h1-5,7,9-10,14,21H,6,8,19H2. The van der Waals surface area contributed by atoms with Crippen molar-refractivity contribution in [3.05, 3.63) is 65.5 Å². The molecule has 0 aliphatic carbocycles. The molecule has 0 saturated carbocycles. The largest absolute Gasteiger partial charge is 0.417 e. The third-order valence-electron chi connectivity index (χ3n) is 3.24. The highest BCUT2D eigenvalue weighted by atomic mass is 19.4. The van der Waals surface area contributed by atoms with Crippen molar-refractivity contribution in [3.63, 3.8) is 0 Å². The first-order chi connectivity index (χ1) is 10.0. The van der Waals surface area contributed by atoms with Gasteiger partial charge in [-0.25, -0.2) is 0 Å². The Morgan fingerprint density at radius 2 is 1.81 bits per heavy atom. The van der Waals surface area contributed by atoms with Gasteiger partial charge in [-0.2, -0.15) is 13.2 Å². The Balaban J connectivity index is 2.04. The lowest BCUT2D eigenvalue weighted by molar-refractivity contribution is -0.137. The third kappa shape index (κ3) is 4.27. The fourth-order valence-corrected chi connectivity index (χ4v) is 2.05. The topological polar surface area (TPSA) is 50.9 Å². The molecular weight excluding hydrogens is 279 g/mol. The molecule has 0 spiro atoms. The Morgan fingerprint density at radius 1 is 1.10 bits per heavy atom. The highest BCUT2D eigenvalue weighted by molar-refractivity contribution is 5.20. The number of aryl methyl sites for hydroxylation is 1. The zero-order valence-corrected chi connectivity index (χ0v) is 11.3. The molecule has 0 aliphatic heterocycles. The van der Waals surface area contributed by atoms with Gasteiger partial charge in [0.1, 0.15) is 0 Å². The molecule has 0 amide bonds. The molecule has 0 aliphatic rings. The first kappa shape index (κ1) is 15.5. The molecule has 0 radical (unpaired) electrons. The predicted molar refractivity (Wildman–Crippen MR) is 74.1 cm³/mol. The van der Waals surface area contributed by atoms with Crippen LogP contribution in [0, 0.1) is 0 Å². The van der Waals surface area contributed by atoms with E-state index in [1.165, 1.54) is 6.07 Å². The second kappa shape index (κ2) is 6.69. The third-order valence-corrected chi connectivity index (χ3v) is 3.24.